The minimum atomic E-state index is -0.112. The standard InChI is InChI=1S/C18H20N2O3.ClH/c1-11(21)16-8-13-2-3-14(9-17(13)23-16)18(22)19-15-10-20-6-4-12(15)5-7-20;/h2-3,8-9,12,15H,4-7,10H2,1H3,(H,19,22);1H/t15-;/m0./s1. The Morgan fingerprint density at radius 2 is 1.96 bits per heavy atom. The Kier molecular flexibility index (Phi) is 4.65. The van der Waals surface area contributed by atoms with Gasteiger partial charge in [0.2, 0.25) is 0 Å². The lowest BCUT2D eigenvalue weighted by Crippen LogP contribution is -2.57. The highest BCUT2D eigenvalue weighted by Crippen LogP contribution is 2.28. The van der Waals surface area contributed by atoms with Crippen LogP contribution in [-0.4, -0.2) is 42.3 Å². The van der Waals surface area contributed by atoms with Crippen molar-refractivity contribution in [3.05, 3.63) is 35.6 Å². The number of halogens is 1. The van der Waals surface area contributed by atoms with Crippen LogP contribution in [0.5, 0.6) is 0 Å². The molecule has 0 radical (unpaired) electrons. The maximum Gasteiger partial charge on any atom is 0.251 e. The van der Waals surface area contributed by atoms with Gasteiger partial charge in [-0.3, -0.25) is 9.59 Å². The van der Waals surface area contributed by atoms with Crippen molar-refractivity contribution in [2.75, 3.05) is 19.6 Å². The van der Waals surface area contributed by atoms with E-state index in [4.69, 9.17) is 4.42 Å². The van der Waals surface area contributed by atoms with E-state index in [2.05, 4.69) is 10.2 Å². The number of fused-ring (bicyclic) bond motifs is 4. The van der Waals surface area contributed by atoms with Crippen LogP contribution in [0.15, 0.2) is 28.7 Å². The molecular weight excluding hydrogens is 328 g/mol. The van der Waals surface area contributed by atoms with Crippen molar-refractivity contribution in [3.8, 4) is 0 Å². The van der Waals surface area contributed by atoms with E-state index in [0.29, 0.717) is 22.8 Å². The van der Waals surface area contributed by atoms with Crippen molar-refractivity contribution >= 4 is 35.1 Å². The summed E-state index contributed by atoms with van der Waals surface area (Å²) in [6.45, 7) is 4.74. The number of nitrogens with one attached hydrogen (secondary N) is 1. The highest BCUT2D eigenvalue weighted by molar-refractivity contribution is 6.00. The number of rotatable bonds is 3. The molecule has 1 aromatic carbocycles. The van der Waals surface area contributed by atoms with Crippen molar-refractivity contribution < 1.29 is 14.0 Å². The third kappa shape index (κ3) is 3.06. The van der Waals surface area contributed by atoms with Crippen molar-refractivity contribution in [1.82, 2.24) is 10.2 Å². The molecule has 2 bridgehead atoms. The fourth-order valence-electron chi connectivity index (χ4n) is 3.73. The number of nitrogens with zero attached hydrogens (tertiary/aromatic N) is 1. The second-order valence-electron chi connectivity index (χ2n) is 6.64. The summed E-state index contributed by atoms with van der Waals surface area (Å²) in [5.74, 6) is 0.751. The van der Waals surface area contributed by atoms with Crippen molar-refractivity contribution in [2.24, 2.45) is 5.92 Å². The number of hydrogen-bond acceptors (Lipinski definition) is 4. The van der Waals surface area contributed by atoms with Crippen molar-refractivity contribution in [2.45, 2.75) is 25.8 Å². The van der Waals surface area contributed by atoms with E-state index in [1.807, 2.05) is 6.07 Å². The van der Waals surface area contributed by atoms with E-state index >= 15 is 0 Å². The Balaban J connectivity index is 0.00000169. The number of carbonyl (C=O) groups is 2. The Morgan fingerprint density at radius 3 is 2.58 bits per heavy atom. The molecule has 4 heterocycles. The zero-order valence-corrected chi connectivity index (χ0v) is 14.4. The lowest BCUT2D eigenvalue weighted by Gasteiger charge is -2.44. The van der Waals surface area contributed by atoms with Gasteiger partial charge in [0.1, 0.15) is 5.58 Å². The SMILES string of the molecule is CC(=O)c1cc2ccc(C(=O)N[C@H]3CN4CCC3CC4)cc2o1.Cl. The average molecular weight is 349 g/mol. The summed E-state index contributed by atoms with van der Waals surface area (Å²) in [6.07, 6.45) is 2.34. The first-order valence-corrected chi connectivity index (χ1v) is 8.18. The smallest absolute Gasteiger partial charge is 0.251 e. The molecule has 0 unspecified atom stereocenters. The highest BCUT2D eigenvalue weighted by Gasteiger charge is 2.34. The Labute approximate surface area is 146 Å². The minimum Gasteiger partial charge on any atom is -0.453 e. The zero-order chi connectivity index (χ0) is 16.0. The molecule has 0 saturated carbocycles. The topological polar surface area (TPSA) is 62.6 Å². The van der Waals surface area contributed by atoms with Gasteiger partial charge < -0.3 is 14.6 Å². The van der Waals surface area contributed by atoms with Crippen LogP contribution in [0, 0.1) is 5.92 Å². The van der Waals surface area contributed by atoms with E-state index in [0.717, 1.165) is 25.0 Å². The number of carbonyl (C=O) groups excluding carboxylic acids is 2. The maximum absolute atomic E-state index is 12.5. The van der Waals surface area contributed by atoms with Crippen LogP contribution in [0.2, 0.25) is 0 Å². The number of ketones is 1. The monoisotopic (exact) mass is 348 g/mol. The van der Waals surface area contributed by atoms with Crippen LogP contribution in [0.3, 0.4) is 0 Å². The molecule has 2 aromatic rings. The summed E-state index contributed by atoms with van der Waals surface area (Å²) in [5, 5.41) is 4.01. The van der Waals surface area contributed by atoms with Gasteiger partial charge in [-0.2, -0.15) is 0 Å². The molecule has 0 spiro atoms. The Morgan fingerprint density at radius 1 is 1.21 bits per heavy atom. The van der Waals surface area contributed by atoms with Crippen molar-refractivity contribution in [3.63, 3.8) is 0 Å². The van der Waals surface area contributed by atoms with E-state index in [1.54, 1.807) is 18.2 Å². The predicted octanol–water partition coefficient (Wildman–Crippen LogP) is 2.88. The third-order valence-electron chi connectivity index (χ3n) is 5.10. The van der Waals surface area contributed by atoms with Crippen LogP contribution in [0.4, 0.5) is 0 Å². The first kappa shape index (κ1) is 17.0. The Bertz CT molecular complexity index is 778. The van der Waals surface area contributed by atoms with Gasteiger partial charge in [-0.1, -0.05) is 6.07 Å². The van der Waals surface area contributed by atoms with Crippen molar-refractivity contribution in [1.29, 1.82) is 0 Å². The largest absolute Gasteiger partial charge is 0.453 e. The number of hydrogen-bond donors (Lipinski definition) is 1. The van der Waals surface area contributed by atoms with Gasteiger partial charge in [-0.25, -0.2) is 0 Å². The number of Topliss-reactive ketones (excluding diaryl/α,β-unsaturated/α-hetero) is 1. The summed E-state index contributed by atoms with van der Waals surface area (Å²) in [6, 6.07) is 7.30. The molecule has 3 aliphatic heterocycles. The van der Waals surface area contributed by atoms with Gasteiger partial charge in [0, 0.05) is 30.5 Å². The fraction of sp³-hybridized carbons (Fsp3) is 0.444. The van der Waals surface area contributed by atoms with E-state index in [-0.39, 0.29) is 30.1 Å². The van der Waals surface area contributed by atoms with Crippen LogP contribution in [0.1, 0.15) is 40.7 Å². The second-order valence-corrected chi connectivity index (χ2v) is 6.64. The molecule has 1 N–H and O–H groups in total. The minimum absolute atomic E-state index is 0. The molecule has 3 aliphatic rings. The number of furan rings is 1. The van der Waals surface area contributed by atoms with Crippen LogP contribution < -0.4 is 5.32 Å². The van der Waals surface area contributed by atoms with Gasteiger partial charge in [0.05, 0.1) is 0 Å². The van der Waals surface area contributed by atoms with E-state index in [1.165, 1.54) is 19.8 Å². The summed E-state index contributed by atoms with van der Waals surface area (Å²) in [7, 11) is 0. The molecule has 3 saturated heterocycles. The first-order valence-electron chi connectivity index (χ1n) is 8.18. The van der Waals surface area contributed by atoms with Gasteiger partial charge >= 0.3 is 0 Å². The van der Waals surface area contributed by atoms with Crippen LogP contribution >= 0.6 is 12.4 Å². The molecule has 128 valence electrons. The number of piperidine rings is 3. The Hall–Kier alpha value is -1.85. The highest BCUT2D eigenvalue weighted by atomic mass is 35.5. The molecule has 1 aromatic heterocycles. The summed E-state index contributed by atoms with van der Waals surface area (Å²) < 4.78 is 5.52. The quantitative estimate of drug-likeness (QED) is 0.866. The van der Waals surface area contributed by atoms with Crippen LogP contribution in [0.25, 0.3) is 11.0 Å². The first-order chi connectivity index (χ1) is 11.1. The zero-order valence-electron chi connectivity index (χ0n) is 13.6. The molecule has 1 atom stereocenters. The summed E-state index contributed by atoms with van der Waals surface area (Å²) in [4.78, 5) is 26.3. The lowest BCUT2D eigenvalue weighted by molar-refractivity contribution is 0.0620. The molecule has 0 aliphatic carbocycles. The van der Waals surface area contributed by atoms with Gasteiger partial charge in [0.25, 0.3) is 5.91 Å². The van der Waals surface area contributed by atoms with Gasteiger partial charge in [-0.15, -0.1) is 12.4 Å². The van der Waals surface area contributed by atoms with Gasteiger partial charge in [-0.05, 0) is 50.0 Å². The normalized spacial score (nSPS) is 25.3. The number of amides is 1. The predicted molar refractivity (Wildman–Crippen MR) is 93.9 cm³/mol. The van der Waals surface area contributed by atoms with E-state index in [9.17, 15) is 9.59 Å². The molecule has 3 fully saturated rings. The second kappa shape index (κ2) is 6.57. The molecule has 6 heteroatoms. The fourth-order valence-corrected chi connectivity index (χ4v) is 3.73. The number of benzene rings is 1. The summed E-state index contributed by atoms with van der Waals surface area (Å²) in [5.41, 5.74) is 1.16. The molecule has 24 heavy (non-hydrogen) atoms. The van der Waals surface area contributed by atoms with Crippen LogP contribution in [-0.2, 0) is 0 Å². The maximum atomic E-state index is 12.5. The van der Waals surface area contributed by atoms with Gasteiger partial charge in [0.15, 0.2) is 11.5 Å². The third-order valence-corrected chi connectivity index (χ3v) is 5.10. The average Bonchev–Trinajstić information content (AvgIpc) is 2.99. The molecule has 1 amide bonds. The molecular formula is C18H21ClN2O3. The summed E-state index contributed by atoms with van der Waals surface area (Å²) >= 11 is 0. The molecule has 5 rings (SSSR count). The van der Waals surface area contributed by atoms with E-state index < -0.39 is 0 Å². The molecule has 5 nitrogen and oxygen atoms in total. The lowest BCUT2D eigenvalue weighted by atomic mass is 9.84.